The van der Waals surface area contributed by atoms with Crippen molar-refractivity contribution >= 4 is 21.7 Å². The maximum atomic E-state index is 11.8. The second-order valence-corrected chi connectivity index (χ2v) is 5.46. The van der Waals surface area contributed by atoms with Crippen LogP contribution in [0.5, 0.6) is 0 Å². The first-order valence-corrected chi connectivity index (χ1v) is 6.80. The van der Waals surface area contributed by atoms with E-state index >= 15 is 0 Å². The molecule has 2 rings (SSSR count). The lowest BCUT2D eigenvalue weighted by molar-refractivity contribution is -0.118. The summed E-state index contributed by atoms with van der Waals surface area (Å²) in [4.78, 5) is 11.8. The number of nitrogens with one attached hydrogen (secondary N) is 1. The van der Waals surface area contributed by atoms with Gasteiger partial charge in [0.15, 0.2) is 0 Å². The van der Waals surface area contributed by atoms with E-state index in [1.165, 1.54) is 12.8 Å². The molecule has 0 atom stereocenters. The van der Waals surface area contributed by atoms with Crippen LogP contribution in [0.4, 0.5) is 0 Å². The summed E-state index contributed by atoms with van der Waals surface area (Å²) in [6.07, 6.45) is 3.60. The largest absolute Gasteiger partial charge is 0.314 e. The van der Waals surface area contributed by atoms with Crippen LogP contribution in [-0.4, -0.2) is 28.2 Å². The van der Waals surface area contributed by atoms with Gasteiger partial charge in [0.1, 0.15) is 5.78 Å². The van der Waals surface area contributed by atoms with Gasteiger partial charge in [0.05, 0.1) is 15.9 Å². The molecule has 5 heteroatoms. The Labute approximate surface area is 110 Å². The van der Waals surface area contributed by atoms with Crippen LogP contribution in [0.3, 0.4) is 0 Å². The quantitative estimate of drug-likeness (QED) is 0.870. The van der Waals surface area contributed by atoms with Crippen molar-refractivity contribution in [3.05, 3.63) is 15.9 Å². The first-order valence-electron chi connectivity index (χ1n) is 6.01. The molecule has 17 heavy (non-hydrogen) atoms. The van der Waals surface area contributed by atoms with Gasteiger partial charge in [-0.15, -0.1) is 0 Å². The van der Waals surface area contributed by atoms with E-state index in [4.69, 9.17) is 0 Å². The van der Waals surface area contributed by atoms with Crippen molar-refractivity contribution in [1.82, 2.24) is 15.1 Å². The molecule has 1 N–H and O–H groups in total. The molecule has 0 amide bonds. The lowest BCUT2D eigenvalue weighted by Crippen LogP contribution is -2.21. The fourth-order valence-electron chi connectivity index (χ4n) is 1.85. The minimum absolute atomic E-state index is 0.266. The van der Waals surface area contributed by atoms with E-state index in [1.807, 2.05) is 14.0 Å². The number of carbonyl (C=O) groups is 1. The number of nitrogens with zero attached hydrogens (tertiary/aromatic N) is 2. The summed E-state index contributed by atoms with van der Waals surface area (Å²) in [5.74, 6) is 0.266. The average molecular weight is 300 g/mol. The highest BCUT2D eigenvalue weighted by Gasteiger charge is 2.20. The molecule has 94 valence electrons. The summed E-state index contributed by atoms with van der Waals surface area (Å²) >= 11 is 3.48. The lowest BCUT2D eigenvalue weighted by atomic mass is 10.1. The molecule has 1 aromatic heterocycles. The third-order valence-corrected chi connectivity index (χ3v) is 4.07. The Morgan fingerprint density at radius 1 is 1.59 bits per heavy atom. The molecule has 1 aliphatic rings. The first-order chi connectivity index (χ1) is 8.08. The zero-order valence-corrected chi connectivity index (χ0v) is 11.9. The Balaban J connectivity index is 1.83. The van der Waals surface area contributed by atoms with Gasteiger partial charge in [0.2, 0.25) is 0 Å². The molecule has 0 unspecified atom stereocenters. The van der Waals surface area contributed by atoms with Gasteiger partial charge < -0.3 is 5.32 Å². The Kier molecular flexibility index (Phi) is 3.99. The molecule has 0 spiro atoms. The molecular weight excluding hydrogens is 282 g/mol. The minimum atomic E-state index is 0.266. The van der Waals surface area contributed by atoms with Gasteiger partial charge in [-0.05, 0) is 35.7 Å². The third-order valence-electron chi connectivity index (χ3n) is 3.04. The fraction of sp³-hybridized carbons (Fsp3) is 0.667. The van der Waals surface area contributed by atoms with Crippen molar-refractivity contribution in [3.8, 4) is 0 Å². The van der Waals surface area contributed by atoms with E-state index in [0.717, 1.165) is 22.4 Å². The van der Waals surface area contributed by atoms with Gasteiger partial charge in [-0.3, -0.25) is 9.48 Å². The van der Waals surface area contributed by atoms with E-state index in [9.17, 15) is 4.79 Å². The van der Waals surface area contributed by atoms with E-state index < -0.39 is 0 Å². The van der Waals surface area contributed by atoms with E-state index in [2.05, 4.69) is 26.3 Å². The molecular formula is C12H18BrN3O. The predicted octanol–water partition coefficient (Wildman–Crippen LogP) is 1.74. The third kappa shape index (κ3) is 3.39. The van der Waals surface area contributed by atoms with Crippen LogP contribution < -0.4 is 5.32 Å². The molecule has 1 saturated carbocycles. The second kappa shape index (κ2) is 5.31. The number of hydrogen-bond donors (Lipinski definition) is 1. The summed E-state index contributed by atoms with van der Waals surface area (Å²) in [5.41, 5.74) is 1.91. The molecule has 0 aromatic carbocycles. The predicted molar refractivity (Wildman–Crippen MR) is 70.0 cm³/mol. The van der Waals surface area contributed by atoms with E-state index in [0.29, 0.717) is 18.9 Å². The average Bonchev–Trinajstić information content (AvgIpc) is 3.04. The summed E-state index contributed by atoms with van der Waals surface area (Å²) in [6.45, 7) is 2.74. The number of hydrogen-bond acceptors (Lipinski definition) is 3. The number of ketones is 1. The Morgan fingerprint density at radius 3 is 2.82 bits per heavy atom. The van der Waals surface area contributed by atoms with Crippen molar-refractivity contribution in [2.75, 3.05) is 6.54 Å². The zero-order chi connectivity index (χ0) is 12.4. The smallest absolute Gasteiger partial charge is 0.140 e. The van der Waals surface area contributed by atoms with Crippen LogP contribution in [0, 0.1) is 6.92 Å². The van der Waals surface area contributed by atoms with E-state index in [1.54, 1.807) is 4.68 Å². The van der Waals surface area contributed by atoms with Crippen molar-refractivity contribution in [2.24, 2.45) is 7.05 Å². The summed E-state index contributed by atoms with van der Waals surface area (Å²) in [7, 11) is 1.88. The highest BCUT2D eigenvalue weighted by Crippen LogP contribution is 2.21. The van der Waals surface area contributed by atoms with Gasteiger partial charge >= 0.3 is 0 Å². The number of aryl methyl sites for hydroxylation is 2. The molecule has 1 aliphatic carbocycles. The topological polar surface area (TPSA) is 46.9 Å². The zero-order valence-electron chi connectivity index (χ0n) is 10.3. The highest BCUT2D eigenvalue weighted by molar-refractivity contribution is 9.10. The molecule has 0 bridgehead atoms. The van der Waals surface area contributed by atoms with Gasteiger partial charge in [0, 0.05) is 32.5 Å². The van der Waals surface area contributed by atoms with E-state index in [-0.39, 0.29) is 5.78 Å². The van der Waals surface area contributed by atoms with Gasteiger partial charge in [-0.1, -0.05) is 0 Å². The standard InChI is InChI=1S/C12H18BrN3O/c1-8-12(13)11(16(2)15-8)7-10(17)5-6-14-9-3-4-9/h9,14H,3-7H2,1-2H3. The fourth-order valence-corrected chi connectivity index (χ4v) is 2.33. The van der Waals surface area contributed by atoms with Crippen molar-refractivity contribution in [3.63, 3.8) is 0 Å². The normalized spacial score (nSPS) is 15.2. The molecule has 0 aliphatic heterocycles. The van der Waals surface area contributed by atoms with Crippen molar-refractivity contribution < 1.29 is 4.79 Å². The Bertz CT molecular complexity index is 424. The molecule has 4 nitrogen and oxygen atoms in total. The maximum Gasteiger partial charge on any atom is 0.140 e. The van der Waals surface area contributed by atoms with Crippen LogP contribution in [0.1, 0.15) is 30.7 Å². The number of Topliss-reactive ketones (excluding diaryl/α,β-unsaturated/α-hetero) is 1. The Morgan fingerprint density at radius 2 is 2.29 bits per heavy atom. The molecule has 1 heterocycles. The highest BCUT2D eigenvalue weighted by atomic mass is 79.9. The number of halogens is 1. The summed E-state index contributed by atoms with van der Waals surface area (Å²) in [6, 6.07) is 0.675. The lowest BCUT2D eigenvalue weighted by Gasteiger charge is -2.04. The molecule has 1 fully saturated rings. The number of aromatic nitrogens is 2. The van der Waals surface area contributed by atoms with Crippen LogP contribution in [0.25, 0.3) is 0 Å². The van der Waals surface area contributed by atoms with Gasteiger partial charge in [-0.2, -0.15) is 5.10 Å². The second-order valence-electron chi connectivity index (χ2n) is 4.66. The van der Waals surface area contributed by atoms with Crippen LogP contribution in [-0.2, 0) is 18.3 Å². The van der Waals surface area contributed by atoms with Crippen molar-refractivity contribution in [1.29, 1.82) is 0 Å². The summed E-state index contributed by atoms with van der Waals surface area (Å²) in [5, 5.41) is 7.64. The first kappa shape index (κ1) is 12.8. The van der Waals surface area contributed by atoms with Crippen LogP contribution in [0.15, 0.2) is 4.47 Å². The molecule has 1 aromatic rings. The molecule has 0 saturated heterocycles. The number of rotatable bonds is 6. The maximum absolute atomic E-state index is 11.8. The van der Waals surface area contributed by atoms with Gasteiger partial charge in [0.25, 0.3) is 0 Å². The van der Waals surface area contributed by atoms with Crippen LogP contribution in [0.2, 0.25) is 0 Å². The monoisotopic (exact) mass is 299 g/mol. The molecule has 0 radical (unpaired) electrons. The van der Waals surface area contributed by atoms with Gasteiger partial charge in [-0.25, -0.2) is 0 Å². The van der Waals surface area contributed by atoms with Crippen molar-refractivity contribution in [2.45, 2.75) is 38.6 Å². The number of carbonyl (C=O) groups excluding carboxylic acids is 1. The van der Waals surface area contributed by atoms with Crippen LogP contribution >= 0.6 is 15.9 Å². The minimum Gasteiger partial charge on any atom is -0.314 e. The SMILES string of the molecule is Cc1nn(C)c(CC(=O)CCNC2CC2)c1Br. The Hall–Kier alpha value is -0.680. The summed E-state index contributed by atoms with van der Waals surface area (Å²) < 4.78 is 2.74.